The molecule has 0 heterocycles. The summed E-state index contributed by atoms with van der Waals surface area (Å²) in [5.74, 6) is 0. The number of nitrogens with two attached hydrogens (primary N) is 1. The Kier molecular flexibility index (Phi) is 3.77. The maximum Gasteiger partial charge on any atom is 0.419 e. The van der Waals surface area contributed by atoms with Crippen molar-refractivity contribution < 1.29 is 26.3 Å². The normalized spacial score (nSPS) is 13.5. The SMILES string of the molecule is CN(C)c1ccc(C(N)(C(F)(F)F)C(F)(F)F)cc1. The lowest BCUT2D eigenvalue weighted by molar-refractivity contribution is -0.301. The molecule has 1 aromatic carbocycles. The molecule has 0 aliphatic heterocycles. The minimum atomic E-state index is -5.63. The van der Waals surface area contributed by atoms with Crippen LogP contribution in [0.1, 0.15) is 5.56 Å². The molecule has 0 fully saturated rings. The van der Waals surface area contributed by atoms with E-state index in [1.165, 1.54) is 0 Å². The molecule has 108 valence electrons. The summed E-state index contributed by atoms with van der Waals surface area (Å²) in [4.78, 5) is 1.54. The van der Waals surface area contributed by atoms with Gasteiger partial charge in [-0.05, 0) is 17.7 Å². The highest BCUT2D eigenvalue weighted by Crippen LogP contribution is 2.48. The quantitative estimate of drug-likeness (QED) is 0.847. The fraction of sp³-hybridized carbons (Fsp3) is 0.455. The van der Waals surface area contributed by atoms with E-state index in [1.54, 1.807) is 19.0 Å². The van der Waals surface area contributed by atoms with Gasteiger partial charge in [-0.1, -0.05) is 12.1 Å². The van der Waals surface area contributed by atoms with Gasteiger partial charge in [0.1, 0.15) is 0 Å². The topological polar surface area (TPSA) is 29.3 Å². The highest BCUT2D eigenvalue weighted by atomic mass is 19.4. The summed E-state index contributed by atoms with van der Waals surface area (Å²) in [5.41, 5.74) is -0.310. The Balaban J connectivity index is 3.36. The highest BCUT2D eigenvalue weighted by Gasteiger charge is 2.69. The van der Waals surface area contributed by atoms with Crippen molar-refractivity contribution in [1.82, 2.24) is 0 Å². The maximum absolute atomic E-state index is 12.7. The molecule has 8 heteroatoms. The molecule has 0 unspecified atom stereocenters. The number of nitrogens with zero attached hydrogens (tertiary/aromatic N) is 1. The monoisotopic (exact) mass is 286 g/mol. The molecule has 2 N–H and O–H groups in total. The van der Waals surface area contributed by atoms with Crippen molar-refractivity contribution in [2.75, 3.05) is 19.0 Å². The van der Waals surface area contributed by atoms with Crippen molar-refractivity contribution in [1.29, 1.82) is 0 Å². The summed E-state index contributed by atoms with van der Waals surface area (Å²) in [7, 11) is 3.22. The Hall–Kier alpha value is -1.44. The van der Waals surface area contributed by atoms with Crippen molar-refractivity contribution in [3.05, 3.63) is 29.8 Å². The average Bonchev–Trinajstić information content (AvgIpc) is 2.25. The smallest absolute Gasteiger partial charge is 0.378 e. The van der Waals surface area contributed by atoms with Crippen molar-refractivity contribution in [3.8, 4) is 0 Å². The molecule has 0 aliphatic rings. The maximum atomic E-state index is 12.7. The molecule has 1 rings (SSSR count). The molecule has 1 aromatic rings. The number of hydrogen-bond donors (Lipinski definition) is 1. The van der Waals surface area contributed by atoms with Crippen LogP contribution in [0.15, 0.2) is 24.3 Å². The van der Waals surface area contributed by atoms with Gasteiger partial charge in [-0.25, -0.2) is 0 Å². The lowest BCUT2D eigenvalue weighted by Crippen LogP contribution is -2.60. The molecule has 0 atom stereocenters. The zero-order chi connectivity index (χ0) is 15.1. The molecule has 0 saturated heterocycles. The fourth-order valence-electron chi connectivity index (χ4n) is 1.51. The van der Waals surface area contributed by atoms with Crippen LogP contribution in [0.2, 0.25) is 0 Å². The second-order valence-corrected chi connectivity index (χ2v) is 4.24. The number of alkyl halides is 6. The van der Waals surface area contributed by atoms with E-state index in [-0.39, 0.29) is 0 Å². The van der Waals surface area contributed by atoms with E-state index in [0.29, 0.717) is 5.69 Å². The van der Waals surface area contributed by atoms with E-state index < -0.39 is 23.5 Å². The Labute approximate surface area is 105 Å². The van der Waals surface area contributed by atoms with Gasteiger partial charge in [-0.15, -0.1) is 0 Å². The van der Waals surface area contributed by atoms with Gasteiger partial charge in [0.05, 0.1) is 0 Å². The predicted molar refractivity (Wildman–Crippen MR) is 58.7 cm³/mol. The number of halogens is 6. The van der Waals surface area contributed by atoms with E-state index in [1.807, 2.05) is 0 Å². The zero-order valence-corrected chi connectivity index (χ0v) is 10.1. The Morgan fingerprint density at radius 1 is 0.842 bits per heavy atom. The third-order valence-electron chi connectivity index (χ3n) is 2.73. The third kappa shape index (κ3) is 2.63. The average molecular weight is 286 g/mol. The van der Waals surface area contributed by atoms with Crippen LogP contribution >= 0.6 is 0 Å². The van der Waals surface area contributed by atoms with Crippen LogP contribution < -0.4 is 10.6 Å². The molecule has 0 saturated carbocycles. The Morgan fingerprint density at radius 2 is 1.21 bits per heavy atom. The second-order valence-electron chi connectivity index (χ2n) is 4.24. The lowest BCUT2D eigenvalue weighted by atomic mass is 9.89. The molecular formula is C11H12F6N2. The van der Waals surface area contributed by atoms with Crippen LogP contribution in [0.3, 0.4) is 0 Å². The van der Waals surface area contributed by atoms with E-state index in [2.05, 4.69) is 5.73 Å². The summed E-state index contributed by atoms with van der Waals surface area (Å²) < 4.78 is 76.1. The van der Waals surface area contributed by atoms with Crippen LogP contribution in [0, 0.1) is 0 Å². The van der Waals surface area contributed by atoms with Crippen LogP contribution in [0.4, 0.5) is 32.0 Å². The van der Waals surface area contributed by atoms with Crippen LogP contribution in [0.25, 0.3) is 0 Å². The first kappa shape index (κ1) is 15.6. The van der Waals surface area contributed by atoms with E-state index in [0.717, 1.165) is 24.3 Å². The zero-order valence-electron chi connectivity index (χ0n) is 10.1. The first-order chi connectivity index (χ1) is 8.41. The van der Waals surface area contributed by atoms with Crippen LogP contribution in [0.5, 0.6) is 0 Å². The summed E-state index contributed by atoms with van der Waals surface area (Å²) in [6, 6.07) is 3.76. The van der Waals surface area contributed by atoms with Crippen LogP contribution in [-0.2, 0) is 5.54 Å². The number of rotatable bonds is 2. The van der Waals surface area contributed by atoms with Gasteiger partial charge < -0.3 is 10.6 Å². The van der Waals surface area contributed by atoms with Crippen molar-refractivity contribution in [3.63, 3.8) is 0 Å². The van der Waals surface area contributed by atoms with E-state index >= 15 is 0 Å². The number of benzene rings is 1. The van der Waals surface area contributed by atoms with Crippen molar-refractivity contribution >= 4 is 5.69 Å². The molecule has 0 bridgehead atoms. The molecular weight excluding hydrogens is 274 g/mol. The van der Waals surface area contributed by atoms with Gasteiger partial charge in [-0.3, -0.25) is 0 Å². The van der Waals surface area contributed by atoms with Gasteiger partial charge in [0.25, 0.3) is 0 Å². The van der Waals surface area contributed by atoms with Crippen molar-refractivity contribution in [2.24, 2.45) is 5.73 Å². The molecule has 0 amide bonds. The standard InChI is InChI=1S/C11H12F6N2/c1-19(2)8-5-3-7(4-6-8)9(18,10(12,13)14)11(15,16)17/h3-6H,18H2,1-2H3. The predicted octanol–water partition coefficient (Wildman–Crippen LogP) is 3.03. The second kappa shape index (κ2) is 4.59. The first-order valence-electron chi connectivity index (χ1n) is 5.11. The molecule has 19 heavy (non-hydrogen) atoms. The highest BCUT2D eigenvalue weighted by molar-refractivity contribution is 5.47. The van der Waals surface area contributed by atoms with Gasteiger partial charge in [0.2, 0.25) is 5.54 Å². The van der Waals surface area contributed by atoms with Crippen molar-refractivity contribution in [2.45, 2.75) is 17.9 Å². The third-order valence-corrected chi connectivity index (χ3v) is 2.73. The number of anilines is 1. The van der Waals surface area contributed by atoms with Gasteiger partial charge >= 0.3 is 12.4 Å². The Morgan fingerprint density at radius 3 is 1.47 bits per heavy atom. The molecule has 0 aliphatic carbocycles. The number of hydrogen-bond acceptors (Lipinski definition) is 2. The summed E-state index contributed by atoms with van der Waals surface area (Å²) >= 11 is 0. The summed E-state index contributed by atoms with van der Waals surface area (Å²) in [6.07, 6.45) is -11.3. The van der Waals surface area contributed by atoms with Crippen LogP contribution in [-0.4, -0.2) is 26.4 Å². The van der Waals surface area contributed by atoms with Gasteiger partial charge in [-0.2, -0.15) is 26.3 Å². The Bertz CT molecular complexity index is 418. The molecule has 0 aromatic heterocycles. The van der Waals surface area contributed by atoms with E-state index in [4.69, 9.17) is 0 Å². The summed E-state index contributed by atoms with van der Waals surface area (Å²) in [6.45, 7) is 0. The van der Waals surface area contributed by atoms with Gasteiger partial charge in [0.15, 0.2) is 0 Å². The minimum Gasteiger partial charge on any atom is -0.378 e. The molecule has 2 nitrogen and oxygen atoms in total. The largest absolute Gasteiger partial charge is 0.419 e. The fourth-order valence-corrected chi connectivity index (χ4v) is 1.51. The summed E-state index contributed by atoms with van der Waals surface area (Å²) in [5, 5.41) is 0. The van der Waals surface area contributed by atoms with Gasteiger partial charge in [0, 0.05) is 19.8 Å². The van der Waals surface area contributed by atoms with E-state index in [9.17, 15) is 26.3 Å². The molecule has 0 radical (unpaired) electrons. The molecule has 0 spiro atoms. The minimum absolute atomic E-state index is 0.468. The lowest BCUT2D eigenvalue weighted by Gasteiger charge is -2.34. The first-order valence-corrected chi connectivity index (χ1v) is 5.11.